The third-order valence-electron chi connectivity index (χ3n) is 2.69. The number of aliphatic hydroxyl groups excluding tert-OH is 1. The van der Waals surface area contributed by atoms with Crippen molar-refractivity contribution in [2.45, 2.75) is 31.8 Å². The summed E-state index contributed by atoms with van der Waals surface area (Å²) in [5, 5.41) is 21.1. The van der Waals surface area contributed by atoms with Crippen molar-refractivity contribution in [3.63, 3.8) is 0 Å². The lowest BCUT2D eigenvalue weighted by Crippen LogP contribution is -2.45. The topological polar surface area (TPSA) is 69.6 Å². The minimum Gasteiger partial charge on any atom is -0.480 e. The molecule has 0 radical (unpaired) electrons. The Kier molecular flexibility index (Phi) is 5.66. The number of rotatable bonds is 7. The molecule has 0 bridgehead atoms. The maximum atomic E-state index is 10.9. The van der Waals surface area contributed by atoms with Gasteiger partial charge in [-0.15, -0.1) is 0 Å². The van der Waals surface area contributed by atoms with Gasteiger partial charge in [-0.2, -0.15) is 0 Å². The normalized spacial score (nSPS) is 14.2. The summed E-state index contributed by atoms with van der Waals surface area (Å²) in [7, 11) is 0. The molecule has 1 aromatic rings. The molecule has 1 unspecified atom stereocenters. The molecule has 0 aromatic heterocycles. The lowest BCUT2D eigenvalue weighted by atomic mass is 10.1. The Bertz CT molecular complexity index is 340. The third-order valence-corrected chi connectivity index (χ3v) is 2.69. The van der Waals surface area contributed by atoms with E-state index in [-0.39, 0.29) is 12.6 Å². The molecule has 0 saturated carbocycles. The largest absolute Gasteiger partial charge is 0.480 e. The van der Waals surface area contributed by atoms with Gasteiger partial charge in [0.1, 0.15) is 6.04 Å². The van der Waals surface area contributed by atoms with Crippen molar-refractivity contribution >= 4 is 5.97 Å². The van der Waals surface area contributed by atoms with Crippen molar-refractivity contribution in [3.8, 4) is 0 Å². The van der Waals surface area contributed by atoms with Crippen molar-refractivity contribution in [2.75, 3.05) is 6.61 Å². The van der Waals surface area contributed by atoms with E-state index in [0.29, 0.717) is 12.8 Å². The molecule has 3 N–H and O–H groups in total. The highest BCUT2D eigenvalue weighted by molar-refractivity contribution is 5.73. The molecular weight excluding hydrogens is 218 g/mol. The van der Waals surface area contributed by atoms with Gasteiger partial charge in [-0.05, 0) is 18.4 Å². The Labute approximate surface area is 101 Å². The molecule has 0 amide bonds. The molecule has 0 aliphatic carbocycles. The summed E-state index contributed by atoms with van der Waals surface area (Å²) in [6, 6.07) is 8.89. The highest BCUT2D eigenvalue weighted by Gasteiger charge is 2.19. The number of carboxylic acid groups (broad SMARTS) is 1. The number of aliphatic hydroxyl groups is 1. The predicted octanol–water partition coefficient (Wildman–Crippen LogP) is 1.04. The van der Waals surface area contributed by atoms with Gasteiger partial charge in [-0.3, -0.25) is 10.1 Å². The van der Waals surface area contributed by atoms with Gasteiger partial charge < -0.3 is 10.2 Å². The Morgan fingerprint density at radius 3 is 2.47 bits per heavy atom. The Morgan fingerprint density at radius 2 is 2.00 bits per heavy atom. The van der Waals surface area contributed by atoms with Crippen LogP contribution in [0.25, 0.3) is 0 Å². The summed E-state index contributed by atoms with van der Waals surface area (Å²) in [4.78, 5) is 10.9. The molecule has 0 aliphatic heterocycles. The molecule has 0 fully saturated rings. The average molecular weight is 237 g/mol. The molecule has 1 aromatic carbocycles. The van der Waals surface area contributed by atoms with E-state index < -0.39 is 12.0 Å². The highest BCUT2D eigenvalue weighted by atomic mass is 16.4. The van der Waals surface area contributed by atoms with Crippen molar-refractivity contribution in [2.24, 2.45) is 0 Å². The average Bonchev–Trinajstić information content (AvgIpc) is 2.35. The molecule has 0 heterocycles. The summed E-state index contributed by atoms with van der Waals surface area (Å²) in [6.45, 7) is 1.74. The number of carbonyl (C=O) groups is 1. The van der Waals surface area contributed by atoms with Crippen LogP contribution >= 0.6 is 0 Å². The number of hydrogen-bond donors (Lipinski definition) is 3. The van der Waals surface area contributed by atoms with Gasteiger partial charge in [-0.25, -0.2) is 0 Å². The van der Waals surface area contributed by atoms with Gasteiger partial charge in [0.15, 0.2) is 0 Å². The van der Waals surface area contributed by atoms with Crippen LogP contribution in [0.2, 0.25) is 0 Å². The lowest BCUT2D eigenvalue weighted by Gasteiger charge is -2.20. The number of benzene rings is 1. The maximum Gasteiger partial charge on any atom is 0.320 e. The van der Waals surface area contributed by atoms with Crippen LogP contribution < -0.4 is 5.32 Å². The fourth-order valence-corrected chi connectivity index (χ4v) is 1.72. The predicted molar refractivity (Wildman–Crippen MR) is 65.9 cm³/mol. The van der Waals surface area contributed by atoms with E-state index in [1.54, 1.807) is 0 Å². The first-order chi connectivity index (χ1) is 8.17. The van der Waals surface area contributed by atoms with Gasteiger partial charge in [0.2, 0.25) is 0 Å². The standard InChI is InChI=1S/C13H19NO3/c1-2-12(13(16)17)14-11(9-15)8-10-6-4-3-5-7-10/h3-7,11-12,14-15H,2,8-9H2,1H3,(H,16,17)/t11-,12?/m1/s1. The van der Waals surface area contributed by atoms with E-state index in [2.05, 4.69) is 5.32 Å². The van der Waals surface area contributed by atoms with Crippen LogP contribution in [0.15, 0.2) is 30.3 Å². The van der Waals surface area contributed by atoms with Crippen molar-refractivity contribution in [1.82, 2.24) is 5.32 Å². The van der Waals surface area contributed by atoms with Crippen LogP contribution in [0.3, 0.4) is 0 Å². The van der Waals surface area contributed by atoms with Gasteiger partial charge >= 0.3 is 5.97 Å². The molecule has 0 spiro atoms. The van der Waals surface area contributed by atoms with Gasteiger partial charge in [0.25, 0.3) is 0 Å². The molecule has 0 saturated heterocycles. The molecule has 1 rings (SSSR count). The number of aliphatic carboxylic acids is 1. The van der Waals surface area contributed by atoms with Crippen LogP contribution in [0.5, 0.6) is 0 Å². The van der Waals surface area contributed by atoms with Crippen molar-refractivity contribution < 1.29 is 15.0 Å². The van der Waals surface area contributed by atoms with Crippen LogP contribution in [0.1, 0.15) is 18.9 Å². The summed E-state index contributed by atoms with van der Waals surface area (Å²) >= 11 is 0. The summed E-state index contributed by atoms with van der Waals surface area (Å²) in [5.41, 5.74) is 1.08. The van der Waals surface area contributed by atoms with Gasteiger partial charge in [0.05, 0.1) is 6.61 Å². The summed E-state index contributed by atoms with van der Waals surface area (Å²) in [5.74, 6) is -0.876. The minimum absolute atomic E-state index is 0.0708. The molecule has 0 aliphatic rings. The van der Waals surface area contributed by atoms with Crippen molar-refractivity contribution in [3.05, 3.63) is 35.9 Å². The van der Waals surface area contributed by atoms with Crippen molar-refractivity contribution in [1.29, 1.82) is 0 Å². The quantitative estimate of drug-likeness (QED) is 0.663. The van der Waals surface area contributed by atoms with E-state index in [9.17, 15) is 9.90 Å². The van der Waals surface area contributed by atoms with Gasteiger partial charge in [0, 0.05) is 6.04 Å². The van der Waals surface area contributed by atoms with Crippen LogP contribution in [0, 0.1) is 0 Å². The first-order valence-corrected chi connectivity index (χ1v) is 5.81. The smallest absolute Gasteiger partial charge is 0.320 e. The molecule has 4 heteroatoms. The zero-order valence-electron chi connectivity index (χ0n) is 9.97. The zero-order chi connectivity index (χ0) is 12.7. The second-order valence-corrected chi connectivity index (χ2v) is 4.03. The first kappa shape index (κ1) is 13.7. The number of nitrogens with one attached hydrogen (secondary N) is 1. The first-order valence-electron chi connectivity index (χ1n) is 5.81. The summed E-state index contributed by atoms with van der Waals surface area (Å²) in [6.07, 6.45) is 1.13. The van der Waals surface area contributed by atoms with E-state index in [0.717, 1.165) is 5.56 Å². The van der Waals surface area contributed by atoms with E-state index in [1.165, 1.54) is 0 Å². The third kappa shape index (κ3) is 4.54. The van der Waals surface area contributed by atoms with Gasteiger partial charge in [-0.1, -0.05) is 37.3 Å². The Hall–Kier alpha value is -1.39. The van der Waals surface area contributed by atoms with Crippen LogP contribution in [0.4, 0.5) is 0 Å². The maximum absolute atomic E-state index is 10.9. The molecule has 94 valence electrons. The number of carboxylic acids is 1. The van der Waals surface area contributed by atoms with E-state index in [1.807, 2.05) is 37.3 Å². The van der Waals surface area contributed by atoms with Crippen LogP contribution in [-0.4, -0.2) is 34.9 Å². The Morgan fingerprint density at radius 1 is 1.35 bits per heavy atom. The van der Waals surface area contributed by atoms with E-state index in [4.69, 9.17) is 5.11 Å². The minimum atomic E-state index is -0.876. The molecule has 4 nitrogen and oxygen atoms in total. The second kappa shape index (κ2) is 7.04. The van der Waals surface area contributed by atoms with E-state index >= 15 is 0 Å². The monoisotopic (exact) mass is 237 g/mol. The molecule has 2 atom stereocenters. The second-order valence-electron chi connectivity index (χ2n) is 4.03. The molecular formula is C13H19NO3. The molecule has 17 heavy (non-hydrogen) atoms. The number of hydrogen-bond acceptors (Lipinski definition) is 3. The SMILES string of the molecule is CCC(N[C@@H](CO)Cc1ccccc1)C(=O)O. The van der Waals surface area contributed by atoms with Crippen LogP contribution in [-0.2, 0) is 11.2 Å². The Balaban J connectivity index is 2.57. The fraction of sp³-hybridized carbons (Fsp3) is 0.462. The summed E-state index contributed by atoms with van der Waals surface area (Å²) < 4.78 is 0. The zero-order valence-corrected chi connectivity index (χ0v) is 9.97. The lowest BCUT2D eigenvalue weighted by molar-refractivity contribution is -0.139. The highest BCUT2D eigenvalue weighted by Crippen LogP contribution is 2.04. The fourth-order valence-electron chi connectivity index (χ4n) is 1.72.